The third kappa shape index (κ3) is 5.50. The minimum Gasteiger partial charge on any atom is -0.388 e. The van der Waals surface area contributed by atoms with Crippen LogP contribution in [-0.4, -0.2) is 65.2 Å². The summed E-state index contributed by atoms with van der Waals surface area (Å²) in [6, 6.07) is 0. The van der Waals surface area contributed by atoms with E-state index in [-0.39, 0.29) is 30.4 Å². The van der Waals surface area contributed by atoms with Crippen molar-refractivity contribution in [1.82, 2.24) is 9.55 Å². The number of imidazole rings is 1. The van der Waals surface area contributed by atoms with Crippen molar-refractivity contribution in [3.63, 3.8) is 0 Å². The number of rotatable bonds is 11. The molecule has 26 heavy (non-hydrogen) atoms. The molecule has 0 radical (unpaired) electrons. The average molecular weight is 407 g/mol. The van der Waals surface area contributed by atoms with Gasteiger partial charge in [-0.15, -0.1) is 0 Å². The van der Waals surface area contributed by atoms with Crippen LogP contribution in [0.2, 0.25) is 0 Å². The number of aliphatic hydroxyl groups excluding tert-OH is 2. The van der Waals surface area contributed by atoms with Crippen molar-refractivity contribution in [3.05, 3.63) is 18.7 Å². The number of aromatic nitrogens is 2. The fourth-order valence-corrected chi connectivity index (χ4v) is 6.49. The molecule has 1 aromatic heterocycles. The molecule has 1 fully saturated rings. The van der Waals surface area contributed by atoms with E-state index in [0.29, 0.717) is 12.8 Å². The highest BCUT2D eigenvalue weighted by Crippen LogP contribution is 2.64. The molecule has 0 aliphatic heterocycles. The summed E-state index contributed by atoms with van der Waals surface area (Å²) in [5, 5.41) is 28.6. The van der Waals surface area contributed by atoms with Crippen LogP contribution < -0.4 is 5.73 Å². The van der Waals surface area contributed by atoms with E-state index in [0.717, 1.165) is 6.42 Å². The van der Waals surface area contributed by atoms with E-state index < -0.39 is 34.4 Å². The Morgan fingerprint density at radius 1 is 1.54 bits per heavy atom. The van der Waals surface area contributed by atoms with E-state index in [1.807, 2.05) is 0 Å². The minimum absolute atomic E-state index is 0.0111. The summed E-state index contributed by atoms with van der Waals surface area (Å²) in [6.07, 6.45) is 3.95. The van der Waals surface area contributed by atoms with Crippen LogP contribution in [0, 0.1) is 5.92 Å². The van der Waals surface area contributed by atoms with Crippen LogP contribution in [0.1, 0.15) is 26.2 Å². The van der Waals surface area contributed by atoms with Gasteiger partial charge in [0.15, 0.2) is 11.4 Å². The van der Waals surface area contributed by atoms with E-state index in [1.165, 1.54) is 13.3 Å². The van der Waals surface area contributed by atoms with Crippen molar-refractivity contribution in [3.8, 4) is 0 Å². The van der Waals surface area contributed by atoms with Crippen LogP contribution in [0.3, 0.4) is 0 Å². The highest BCUT2D eigenvalue weighted by atomic mass is 31.2. The van der Waals surface area contributed by atoms with Crippen molar-refractivity contribution in [2.24, 2.45) is 11.7 Å². The molecule has 1 aromatic rings. The highest BCUT2D eigenvalue weighted by molar-refractivity contribution is 7.65. The lowest BCUT2D eigenvalue weighted by molar-refractivity contribution is -0.119. The van der Waals surface area contributed by atoms with Crippen molar-refractivity contribution >= 4 is 22.7 Å². The normalized spacial score (nSPS) is 26.2. The quantitative estimate of drug-likeness (QED) is 0.252. The molecule has 9 nitrogen and oxygen atoms in total. The van der Waals surface area contributed by atoms with Crippen LogP contribution in [0.15, 0.2) is 18.7 Å². The predicted octanol–water partition coefficient (Wildman–Crippen LogP) is -0.0758. The monoisotopic (exact) mass is 407 g/mol. The molecule has 0 amide bonds. The summed E-state index contributed by atoms with van der Waals surface area (Å²) in [6.45, 7) is 1.37. The van der Waals surface area contributed by atoms with Crippen molar-refractivity contribution in [1.29, 1.82) is 0 Å². The summed E-state index contributed by atoms with van der Waals surface area (Å²) in [5.41, 5.74) is 5.17. The van der Waals surface area contributed by atoms with Crippen molar-refractivity contribution in [2.75, 3.05) is 6.54 Å². The van der Waals surface area contributed by atoms with E-state index in [9.17, 15) is 25.0 Å². The zero-order chi connectivity index (χ0) is 19.3. The second-order valence-electron chi connectivity index (χ2n) is 6.60. The van der Waals surface area contributed by atoms with Gasteiger partial charge in [0.05, 0.1) is 36.4 Å². The maximum atomic E-state index is 11.6. The van der Waals surface area contributed by atoms with Gasteiger partial charge in [-0.3, -0.25) is 4.79 Å². The molecule has 1 saturated carbocycles. The average Bonchev–Trinajstić information content (AvgIpc) is 3.08. The number of Topliss-reactive ketones (excluding diaryl/α,β-unsaturated/α-hetero) is 1. The summed E-state index contributed by atoms with van der Waals surface area (Å²) in [4.78, 5) is 26.5. The molecular formula is C15H27N3O6P2. The highest BCUT2D eigenvalue weighted by Gasteiger charge is 2.48. The number of ketones is 1. The lowest BCUT2D eigenvalue weighted by atomic mass is 9.81. The second-order valence-corrected chi connectivity index (χ2v) is 10.4. The van der Waals surface area contributed by atoms with Crippen LogP contribution >= 0.6 is 17.0 Å². The van der Waals surface area contributed by atoms with Gasteiger partial charge in [0.25, 0.3) is 0 Å². The van der Waals surface area contributed by atoms with Gasteiger partial charge < -0.3 is 35.0 Å². The molecule has 7 atom stereocenters. The van der Waals surface area contributed by atoms with Crippen molar-refractivity contribution < 1.29 is 29.5 Å². The third-order valence-electron chi connectivity index (χ3n) is 4.51. The van der Waals surface area contributed by atoms with Crippen LogP contribution in [0.25, 0.3) is 0 Å². The van der Waals surface area contributed by atoms with Crippen molar-refractivity contribution in [2.45, 2.75) is 55.9 Å². The van der Waals surface area contributed by atoms with E-state index in [4.69, 9.17) is 10.3 Å². The molecule has 11 heteroatoms. The molecule has 0 bridgehead atoms. The van der Waals surface area contributed by atoms with Gasteiger partial charge >= 0.3 is 0 Å². The van der Waals surface area contributed by atoms with Gasteiger partial charge in [0.1, 0.15) is 11.9 Å². The summed E-state index contributed by atoms with van der Waals surface area (Å²) < 4.78 is 6.83. The Hall–Kier alpha value is -0.500. The first-order chi connectivity index (χ1) is 12.3. The Bertz CT molecular complexity index is 576. The molecule has 0 aromatic carbocycles. The second kappa shape index (κ2) is 9.62. The van der Waals surface area contributed by atoms with Gasteiger partial charge in [0.2, 0.25) is 0 Å². The topological polar surface area (TPSA) is 151 Å². The third-order valence-corrected chi connectivity index (χ3v) is 8.52. The molecule has 1 aliphatic rings. The molecule has 1 heterocycles. The number of hydrogen-bond donors (Lipinski definition) is 5. The molecule has 148 valence electrons. The van der Waals surface area contributed by atoms with E-state index in [1.54, 1.807) is 17.0 Å². The Morgan fingerprint density at radius 3 is 2.77 bits per heavy atom. The molecule has 2 rings (SSSR count). The number of nitrogens with two attached hydrogens (primary N) is 1. The summed E-state index contributed by atoms with van der Waals surface area (Å²) in [7, 11) is -2.57. The van der Waals surface area contributed by atoms with Gasteiger partial charge in [-0.25, -0.2) is 4.98 Å². The Balaban J connectivity index is 2.09. The van der Waals surface area contributed by atoms with Gasteiger partial charge in [-0.2, -0.15) is 0 Å². The van der Waals surface area contributed by atoms with E-state index >= 15 is 0 Å². The van der Waals surface area contributed by atoms with Crippen LogP contribution in [-0.2, 0) is 15.9 Å². The summed E-state index contributed by atoms with van der Waals surface area (Å²) >= 11 is 0. The van der Waals surface area contributed by atoms with Gasteiger partial charge in [-0.05, 0) is 25.7 Å². The molecule has 6 N–H and O–H groups in total. The zero-order valence-corrected chi connectivity index (χ0v) is 16.5. The molecule has 0 saturated heterocycles. The fourth-order valence-electron chi connectivity index (χ4n) is 2.80. The number of nitrogens with zero attached hydrogens (tertiary/aromatic N) is 2. The Kier molecular flexibility index (Phi) is 8.07. The number of carbonyl (C=O) groups excluding carboxylic acids is 1. The Morgan fingerprint density at radius 2 is 2.27 bits per heavy atom. The number of carbonyl (C=O) groups is 1. The molecule has 0 spiro atoms. The zero-order valence-electron chi connectivity index (χ0n) is 14.6. The first-order valence-electron chi connectivity index (χ1n) is 8.44. The molecular weight excluding hydrogens is 380 g/mol. The minimum atomic E-state index is -1.92. The number of aliphatic hydroxyl groups is 3. The molecule has 1 aliphatic carbocycles. The first-order valence-corrected chi connectivity index (χ1v) is 10.7. The lowest BCUT2D eigenvalue weighted by Crippen LogP contribution is -2.40. The van der Waals surface area contributed by atoms with E-state index in [2.05, 4.69) is 4.98 Å². The summed E-state index contributed by atoms with van der Waals surface area (Å²) in [5.74, 6) is -0.0764. The smallest absolute Gasteiger partial charge is 0.184 e. The predicted molar refractivity (Wildman–Crippen MR) is 98.6 cm³/mol. The van der Waals surface area contributed by atoms with Gasteiger partial charge in [-0.1, -0.05) is 0 Å². The lowest BCUT2D eigenvalue weighted by Gasteiger charge is -2.45. The molecule has 5 unspecified atom stereocenters. The van der Waals surface area contributed by atoms with Crippen LogP contribution in [0.5, 0.6) is 0 Å². The maximum absolute atomic E-state index is 11.6. The largest absolute Gasteiger partial charge is 0.388 e. The first kappa shape index (κ1) is 21.8. The maximum Gasteiger partial charge on any atom is 0.184 e. The Labute approximate surface area is 155 Å². The number of hydrogen-bond acceptors (Lipinski definition) is 8. The van der Waals surface area contributed by atoms with Crippen LogP contribution in [0.4, 0.5) is 0 Å². The van der Waals surface area contributed by atoms with Gasteiger partial charge in [0, 0.05) is 24.5 Å². The standard InChI is InChI=1S/C15H27N3O6P2/c1-10(19)14(21)24-25-15(22,8-18-5-4-17-9-18)26(23)13-3-2-11(13)6-12(20)7-16/h4-5,9-11,13-14,19,21-23,25H,2-3,6-8,16H2,1H3/t10-,11?,13?,14?,15?,26+/m0/s1. The SMILES string of the molecule is C[C@H](O)C(O)OPC(O)(Cn1ccnc1)[P@](O)C1CCC1CC(=O)CN. The fraction of sp³-hybridized carbons (Fsp3) is 0.733.